The van der Waals surface area contributed by atoms with E-state index in [0.29, 0.717) is 0 Å². The van der Waals surface area contributed by atoms with E-state index in [1.807, 2.05) is 6.92 Å². The van der Waals surface area contributed by atoms with E-state index in [4.69, 9.17) is 10.8 Å². The molecule has 0 aliphatic heterocycles. The van der Waals surface area contributed by atoms with Gasteiger partial charge in [-0.3, -0.25) is 0 Å². The molecule has 0 saturated heterocycles. The first-order valence-corrected chi connectivity index (χ1v) is 3.33. The summed E-state index contributed by atoms with van der Waals surface area (Å²) < 4.78 is 0. The molecule has 0 rings (SSSR count). The lowest BCUT2D eigenvalue weighted by Crippen LogP contribution is -2.44. The Bertz CT molecular complexity index is 116. The van der Waals surface area contributed by atoms with Gasteiger partial charge >= 0.3 is 6.09 Å². The van der Waals surface area contributed by atoms with Gasteiger partial charge in [-0.25, -0.2) is 4.79 Å². The van der Waals surface area contributed by atoms with E-state index in [-0.39, 0.29) is 12.1 Å². The Morgan fingerprint density at radius 3 is 2.60 bits per heavy atom. The second kappa shape index (κ2) is 4.11. The van der Waals surface area contributed by atoms with Crippen LogP contribution in [0.5, 0.6) is 0 Å². The molecule has 4 N–H and O–H groups in total. The lowest BCUT2D eigenvalue weighted by molar-refractivity contribution is 0.188. The highest BCUT2D eigenvalue weighted by molar-refractivity contribution is 5.64. The molecule has 4 nitrogen and oxygen atoms in total. The third kappa shape index (κ3) is 3.29. The SMILES string of the molecule is CC[C@@H](N)[C@H](C)NC(=O)O. The van der Waals surface area contributed by atoms with Gasteiger partial charge in [0.1, 0.15) is 0 Å². The molecule has 0 fully saturated rings. The highest BCUT2D eigenvalue weighted by atomic mass is 16.4. The Balaban J connectivity index is 3.61. The third-order valence-electron chi connectivity index (χ3n) is 1.46. The molecule has 0 aromatic rings. The molecule has 0 heterocycles. The van der Waals surface area contributed by atoms with Crippen molar-refractivity contribution >= 4 is 6.09 Å². The monoisotopic (exact) mass is 146 g/mol. The van der Waals surface area contributed by atoms with Crippen molar-refractivity contribution in [1.82, 2.24) is 5.32 Å². The standard InChI is InChI=1S/C6H14N2O2/c1-3-5(7)4(2)8-6(9)10/h4-5,8H,3,7H2,1-2H3,(H,9,10)/t4-,5+/m0/s1. The number of rotatable bonds is 3. The highest BCUT2D eigenvalue weighted by Crippen LogP contribution is 1.93. The molecule has 0 radical (unpaired) electrons. The fourth-order valence-corrected chi connectivity index (χ4v) is 0.655. The van der Waals surface area contributed by atoms with Crippen LogP contribution in [0.4, 0.5) is 4.79 Å². The molecule has 0 saturated carbocycles. The molecule has 0 aliphatic carbocycles. The van der Waals surface area contributed by atoms with Gasteiger partial charge in [0.2, 0.25) is 0 Å². The number of nitrogens with one attached hydrogen (secondary N) is 1. The quantitative estimate of drug-likeness (QED) is 0.538. The van der Waals surface area contributed by atoms with E-state index < -0.39 is 6.09 Å². The van der Waals surface area contributed by atoms with Crippen LogP contribution in [0.2, 0.25) is 0 Å². The molecular formula is C6H14N2O2. The van der Waals surface area contributed by atoms with Crippen molar-refractivity contribution < 1.29 is 9.90 Å². The summed E-state index contributed by atoms with van der Waals surface area (Å²) in [7, 11) is 0. The minimum Gasteiger partial charge on any atom is -0.465 e. The predicted molar refractivity (Wildman–Crippen MR) is 38.9 cm³/mol. The van der Waals surface area contributed by atoms with Crippen molar-refractivity contribution in [2.24, 2.45) is 5.73 Å². The molecule has 0 aromatic carbocycles. The Hall–Kier alpha value is -0.770. The number of nitrogens with two attached hydrogens (primary N) is 1. The van der Waals surface area contributed by atoms with E-state index in [1.54, 1.807) is 6.92 Å². The van der Waals surface area contributed by atoms with Crippen molar-refractivity contribution in [3.63, 3.8) is 0 Å². The van der Waals surface area contributed by atoms with Crippen LogP contribution in [0.15, 0.2) is 0 Å². The van der Waals surface area contributed by atoms with Crippen LogP contribution in [0.3, 0.4) is 0 Å². The zero-order chi connectivity index (χ0) is 8.15. The molecule has 1 amide bonds. The Kier molecular flexibility index (Phi) is 3.79. The van der Waals surface area contributed by atoms with Crippen molar-refractivity contribution in [3.05, 3.63) is 0 Å². The lowest BCUT2D eigenvalue weighted by atomic mass is 10.1. The smallest absolute Gasteiger partial charge is 0.404 e. The van der Waals surface area contributed by atoms with E-state index in [0.717, 1.165) is 6.42 Å². The fraction of sp³-hybridized carbons (Fsp3) is 0.833. The zero-order valence-electron chi connectivity index (χ0n) is 6.29. The van der Waals surface area contributed by atoms with Gasteiger partial charge in [0.15, 0.2) is 0 Å². The Labute approximate surface area is 60.4 Å². The third-order valence-corrected chi connectivity index (χ3v) is 1.46. The molecule has 0 bridgehead atoms. The number of hydrogen-bond acceptors (Lipinski definition) is 2. The van der Waals surface area contributed by atoms with Crippen LogP contribution in [-0.2, 0) is 0 Å². The number of amides is 1. The largest absolute Gasteiger partial charge is 0.465 e. The van der Waals surface area contributed by atoms with E-state index in [2.05, 4.69) is 5.32 Å². The maximum atomic E-state index is 10.1. The van der Waals surface area contributed by atoms with Crippen molar-refractivity contribution in [3.8, 4) is 0 Å². The van der Waals surface area contributed by atoms with Gasteiger partial charge in [-0.05, 0) is 13.3 Å². The van der Waals surface area contributed by atoms with Gasteiger partial charge < -0.3 is 16.2 Å². The summed E-state index contributed by atoms with van der Waals surface area (Å²) in [6.07, 6.45) is -0.238. The molecule has 0 aliphatic rings. The molecule has 10 heavy (non-hydrogen) atoms. The molecule has 0 aromatic heterocycles. The molecule has 0 spiro atoms. The Morgan fingerprint density at radius 1 is 1.80 bits per heavy atom. The van der Waals surface area contributed by atoms with Crippen LogP contribution in [-0.4, -0.2) is 23.3 Å². The minimum atomic E-state index is -1.02. The average molecular weight is 146 g/mol. The first kappa shape index (κ1) is 9.23. The topological polar surface area (TPSA) is 75.3 Å². The van der Waals surface area contributed by atoms with Crippen LogP contribution < -0.4 is 11.1 Å². The number of carboxylic acid groups (broad SMARTS) is 1. The van der Waals surface area contributed by atoms with Crippen molar-refractivity contribution in [1.29, 1.82) is 0 Å². The summed E-state index contributed by atoms with van der Waals surface area (Å²) in [5.74, 6) is 0. The summed E-state index contributed by atoms with van der Waals surface area (Å²) in [5.41, 5.74) is 5.54. The van der Waals surface area contributed by atoms with Gasteiger partial charge in [-0.1, -0.05) is 6.92 Å². The summed E-state index contributed by atoms with van der Waals surface area (Å²) in [4.78, 5) is 10.1. The average Bonchev–Trinajstić information content (AvgIpc) is 1.85. The summed E-state index contributed by atoms with van der Waals surface area (Å²) in [5, 5.41) is 10.5. The first-order valence-electron chi connectivity index (χ1n) is 3.33. The van der Waals surface area contributed by atoms with E-state index >= 15 is 0 Å². The molecule has 4 heteroatoms. The second-order valence-corrected chi connectivity index (χ2v) is 2.31. The summed E-state index contributed by atoms with van der Waals surface area (Å²) >= 11 is 0. The summed E-state index contributed by atoms with van der Waals surface area (Å²) in [6, 6.07) is -0.251. The van der Waals surface area contributed by atoms with Gasteiger partial charge in [-0.2, -0.15) is 0 Å². The first-order chi connectivity index (χ1) is 4.57. The van der Waals surface area contributed by atoms with Crippen LogP contribution in [0.1, 0.15) is 20.3 Å². The van der Waals surface area contributed by atoms with Gasteiger partial charge in [-0.15, -0.1) is 0 Å². The van der Waals surface area contributed by atoms with E-state index in [1.165, 1.54) is 0 Å². The van der Waals surface area contributed by atoms with Gasteiger partial charge in [0, 0.05) is 12.1 Å². The maximum absolute atomic E-state index is 10.1. The Morgan fingerprint density at radius 2 is 2.30 bits per heavy atom. The van der Waals surface area contributed by atoms with Crippen molar-refractivity contribution in [2.45, 2.75) is 32.4 Å². The molecule has 0 unspecified atom stereocenters. The number of hydrogen-bond donors (Lipinski definition) is 3. The van der Waals surface area contributed by atoms with E-state index in [9.17, 15) is 4.79 Å². The second-order valence-electron chi connectivity index (χ2n) is 2.31. The lowest BCUT2D eigenvalue weighted by Gasteiger charge is -2.17. The fourth-order valence-electron chi connectivity index (χ4n) is 0.655. The number of carbonyl (C=O) groups is 1. The zero-order valence-corrected chi connectivity index (χ0v) is 6.29. The normalized spacial score (nSPS) is 15.9. The predicted octanol–water partition coefficient (Wildman–Crippen LogP) is 0.380. The maximum Gasteiger partial charge on any atom is 0.404 e. The molecule has 2 atom stereocenters. The van der Waals surface area contributed by atoms with Gasteiger partial charge in [0.05, 0.1) is 0 Å². The van der Waals surface area contributed by atoms with Gasteiger partial charge in [0.25, 0.3) is 0 Å². The molecular weight excluding hydrogens is 132 g/mol. The molecule has 60 valence electrons. The summed E-state index contributed by atoms with van der Waals surface area (Å²) in [6.45, 7) is 3.67. The van der Waals surface area contributed by atoms with Crippen molar-refractivity contribution in [2.75, 3.05) is 0 Å². The van der Waals surface area contributed by atoms with Crippen LogP contribution in [0.25, 0.3) is 0 Å². The van der Waals surface area contributed by atoms with Crippen LogP contribution >= 0.6 is 0 Å². The highest BCUT2D eigenvalue weighted by Gasteiger charge is 2.11. The minimum absolute atomic E-state index is 0.0869. The van der Waals surface area contributed by atoms with Crippen LogP contribution in [0, 0.1) is 0 Å².